The zero-order valence-electron chi connectivity index (χ0n) is 11.6. The molecule has 0 unspecified atom stereocenters. The molecule has 0 bridgehead atoms. The van der Waals surface area contributed by atoms with Gasteiger partial charge in [0.05, 0.1) is 5.54 Å². The van der Waals surface area contributed by atoms with Gasteiger partial charge in [0.1, 0.15) is 0 Å². The molecule has 0 atom stereocenters. The Labute approximate surface area is 115 Å². The second kappa shape index (κ2) is 6.53. The Bertz CT molecular complexity index is 412. The number of oxime groups is 1. The van der Waals surface area contributed by atoms with E-state index in [1.54, 1.807) is 13.8 Å². The van der Waals surface area contributed by atoms with Gasteiger partial charge in [-0.15, -0.1) is 0 Å². The van der Waals surface area contributed by atoms with E-state index in [1.807, 2.05) is 0 Å². The molecule has 8 heteroatoms. The van der Waals surface area contributed by atoms with Gasteiger partial charge in [-0.1, -0.05) is 38.3 Å². The first-order valence-electron chi connectivity index (χ1n) is 6.69. The highest BCUT2D eigenvalue weighted by Gasteiger charge is 2.41. The summed E-state index contributed by atoms with van der Waals surface area (Å²) in [6, 6.07) is 0. The van der Waals surface area contributed by atoms with Gasteiger partial charge in [0.25, 0.3) is 10.2 Å². The van der Waals surface area contributed by atoms with Gasteiger partial charge >= 0.3 is 0 Å². The zero-order valence-corrected chi connectivity index (χ0v) is 12.4. The fraction of sp³-hybridized carbons (Fsp3) is 0.909. The molecule has 0 amide bonds. The lowest BCUT2D eigenvalue weighted by molar-refractivity contribution is 0.290. The number of nitrogens with two attached hydrogens (primary N) is 1. The molecule has 0 saturated heterocycles. The average molecular weight is 292 g/mol. The van der Waals surface area contributed by atoms with Crippen LogP contribution in [-0.4, -0.2) is 42.4 Å². The van der Waals surface area contributed by atoms with Crippen molar-refractivity contribution in [2.75, 3.05) is 13.1 Å². The first kappa shape index (κ1) is 16.2. The van der Waals surface area contributed by atoms with Crippen LogP contribution in [0.1, 0.15) is 46.0 Å². The molecular weight excluding hydrogens is 268 g/mol. The van der Waals surface area contributed by atoms with Crippen molar-refractivity contribution >= 4 is 16.0 Å². The SMILES string of the molecule is CCN(CC)S(=O)(=O)NC1(/C(N)=N/O)CCCCC1. The van der Waals surface area contributed by atoms with Crippen molar-refractivity contribution in [1.82, 2.24) is 9.03 Å². The van der Waals surface area contributed by atoms with Gasteiger partial charge in [-0.2, -0.15) is 17.4 Å². The van der Waals surface area contributed by atoms with E-state index in [1.165, 1.54) is 4.31 Å². The fourth-order valence-electron chi connectivity index (χ4n) is 2.54. The molecule has 0 heterocycles. The maximum Gasteiger partial charge on any atom is 0.280 e. The summed E-state index contributed by atoms with van der Waals surface area (Å²) in [6.07, 6.45) is 3.87. The Balaban J connectivity index is 3.02. The van der Waals surface area contributed by atoms with Crippen LogP contribution in [-0.2, 0) is 10.2 Å². The second-order valence-corrected chi connectivity index (χ2v) is 6.49. The highest BCUT2D eigenvalue weighted by atomic mass is 32.2. The lowest BCUT2D eigenvalue weighted by Crippen LogP contribution is -2.61. The molecule has 112 valence electrons. The molecule has 4 N–H and O–H groups in total. The number of hydrogen-bond donors (Lipinski definition) is 3. The zero-order chi connectivity index (χ0) is 14.5. The number of rotatable bonds is 6. The van der Waals surface area contributed by atoms with Crippen molar-refractivity contribution in [2.24, 2.45) is 10.9 Å². The third-order valence-electron chi connectivity index (χ3n) is 3.67. The standard InChI is InChI=1S/C11H24N4O3S/c1-3-15(4-2)19(17,18)14-11(10(12)13-16)8-6-5-7-9-11/h14,16H,3-9H2,1-2H3,(H2,12,13). The molecule has 1 rings (SSSR count). The number of amidine groups is 1. The van der Waals surface area contributed by atoms with Crippen molar-refractivity contribution in [3.8, 4) is 0 Å². The normalized spacial score (nSPS) is 20.7. The molecule has 0 aromatic rings. The van der Waals surface area contributed by atoms with E-state index in [4.69, 9.17) is 10.9 Å². The van der Waals surface area contributed by atoms with E-state index in [0.29, 0.717) is 25.9 Å². The van der Waals surface area contributed by atoms with Gasteiger partial charge < -0.3 is 10.9 Å². The van der Waals surface area contributed by atoms with Gasteiger partial charge in [0.15, 0.2) is 5.84 Å². The van der Waals surface area contributed by atoms with Crippen molar-refractivity contribution in [3.63, 3.8) is 0 Å². The summed E-state index contributed by atoms with van der Waals surface area (Å²) in [6.45, 7) is 4.33. The number of hydrogen-bond acceptors (Lipinski definition) is 4. The molecule has 1 aliphatic carbocycles. The van der Waals surface area contributed by atoms with E-state index in [0.717, 1.165) is 19.3 Å². The molecule has 1 fully saturated rings. The highest BCUT2D eigenvalue weighted by Crippen LogP contribution is 2.29. The van der Waals surface area contributed by atoms with Crippen LogP contribution in [0.2, 0.25) is 0 Å². The molecule has 1 aliphatic rings. The Kier molecular flexibility index (Phi) is 5.57. The summed E-state index contributed by atoms with van der Waals surface area (Å²) in [5, 5.41) is 11.9. The number of nitrogens with zero attached hydrogens (tertiary/aromatic N) is 2. The summed E-state index contributed by atoms with van der Waals surface area (Å²) in [4.78, 5) is 0. The quantitative estimate of drug-likeness (QED) is 0.288. The molecule has 1 saturated carbocycles. The van der Waals surface area contributed by atoms with Crippen LogP contribution in [0.15, 0.2) is 5.16 Å². The van der Waals surface area contributed by atoms with Gasteiger partial charge in [-0.25, -0.2) is 0 Å². The van der Waals surface area contributed by atoms with Crippen LogP contribution < -0.4 is 10.5 Å². The minimum atomic E-state index is -3.62. The van der Waals surface area contributed by atoms with E-state index < -0.39 is 15.7 Å². The third-order valence-corrected chi connectivity index (χ3v) is 5.52. The fourth-order valence-corrected chi connectivity index (χ4v) is 4.15. The van der Waals surface area contributed by atoms with Gasteiger partial charge in [0.2, 0.25) is 0 Å². The van der Waals surface area contributed by atoms with Gasteiger partial charge in [0, 0.05) is 13.1 Å². The summed E-state index contributed by atoms with van der Waals surface area (Å²) in [7, 11) is -3.62. The van der Waals surface area contributed by atoms with Crippen LogP contribution in [0, 0.1) is 0 Å². The molecular formula is C11H24N4O3S. The van der Waals surface area contributed by atoms with Crippen LogP contribution in [0.3, 0.4) is 0 Å². The Hall–Kier alpha value is -0.860. The summed E-state index contributed by atoms with van der Waals surface area (Å²) < 4.78 is 28.6. The lowest BCUT2D eigenvalue weighted by Gasteiger charge is -2.37. The molecule has 19 heavy (non-hydrogen) atoms. The predicted molar refractivity (Wildman–Crippen MR) is 74.2 cm³/mol. The van der Waals surface area contributed by atoms with E-state index in [-0.39, 0.29) is 5.84 Å². The third kappa shape index (κ3) is 3.58. The molecule has 0 aromatic heterocycles. The second-order valence-electron chi connectivity index (χ2n) is 4.82. The van der Waals surface area contributed by atoms with Crippen LogP contribution in [0.5, 0.6) is 0 Å². The van der Waals surface area contributed by atoms with Crippen molar-refractivity contribution in [1.29, 1.82) is 0 Å². The molecule has 0 aromatic carbocycles. The van der Waals surface area contributed by atoms with E-state index in [2.05, 4.69) is 9.88 Å². The molecule has 7 nitrogen and oxygen atoms in total. The summed E-state index contributed by atoms with van der Waals surface area (Å²) >= 11 is 0. The van der Waals surface area contributed by atoms with Gasteiger partial charge in [-0.3, -0.25) is 0 Å². The molecule has 0 radical (unpaired) electrons. The Morgan fingerprint density at radius 2 is 1.84 bits per heavy atom. The van der Waals surface area contributed by atoms with Crippen LogP contribution in [0.4, 0.5) is 0 Å². The first-order valence-corrected chi connectivity index (χ1v) is 8.13. The molecule has 0 spiro atoms. The smallest absolute Gasteiger partial charge is 0.280 e. The van der Waals surface area contributed by atoms with Crippen LogP contribution >= 0.6 is 0 Å². The van der Waals surface area contributed by atoms with Gasteiger partial charge in [-0.05, 0) is 12.8 Å². The Morgan fingerprint density at radius 1 is 1.32 bits per heavy atom. The van der Waals surface area contributed by atoms with E-state index in [9.17, 15) is 8.42 Å². The summed E-state index contributed by atoms with van der Waals surface area (Å²) in [5.41, 5.74) is 4.78. The Morgan fingerprint density at radius 3 is 2.26 bits per heavy atom. The lowest BCUT2D eigenvalue weighted by atomic mass is 9.82. The minimum Gasteiger partial charge on any atom is -0.409 e. The van der Waals surface area contributed by atoms with Crippen molar-refractivity contribution < 1.29 is 13.6 Å². The largest absolute Gasteiger partial charge is 0.409 e. The van der Waals surface area contributed by atoms with Crippen molar-refractivity contribution in [3.05, 3.63) is 0 Å². The maximum absolute atomic E-state index is 12.3. The van der Waals surface area contributed by atoms with E-state index >= 15 is 0 Å². The molecule has 0 aliphatic heterocycles. The summed E-state index contributed by atoms with van der Waals surface area (Å²) in [5.74, 6) is -0.0528. The predicted octanol–water partition coefficient (Wildman–Crippen LogP) is 0.612. The highest BCUT2D eigenvalue weighted by molar-refractivity contribution is 7.87. The van der Waals surface area contributed by atoms with Crippen LogP contribution in [0.25, 0.3) is 0 Å². The van der Waals surface area contributed by atoms with Crippen molar-refractivity contribution in [2.45, 2.75) is 51.5 Å². The number of nitrogens with one attached hydrogen (secondary N) is 1. The topological polar surface area (TPSA) is 108 Å². The first-order chi connectivity index (χ1) is 8.91. The minimum absolute atomic E-state index is 0.0528. The maximum atomic E-state index is 12.3. The average Bonchev–Trinajstić information content (AvgIpc) is 2.39. The monoisotopic (exact) mass is 292 g/mol.